The number of nitrogens with one attached hydrogen (secondary N) is 1. The van der Waals surface area contributed by atoms with E-state index >= 15 is 0 Å². The van der Waals surface area contributed by atoms with Gasteiger partial charge in [-0.3, -0.25) is 4.98 Å². The molecule has 0 aliphatic carbocycles. The Hall–Kier alpha value is -3.78. The molecular weight excluding hydrogens is 470 g/mol. The van der Waals surface area contributed by atoms with Gasteiger partial charge >= 0.3 is 11.7 Å². The van der Waals surface area contributed by atoms with Crippen molar-refractivity contribution >= 4 is 17.1 Å². The number of aromatic nitrogens is 1. The number of H-pyrrole nitrogens is 1. The second-order valence-corrected chi connectivity index (χ2v) is 7.60. The highest BCUT2D eigenvalue weighted by Crippen LogP contribution is 2.37. The molecule has 35 heavy (non-hydrogen) atoms. The number of benzene rings is 2. The molecule has 0 amide bonds. The first-order valence-corrected chi connectivity index (χ1v) is 10.3. The zero-order valence-corrected chi connectivity index (χ0v) is 18.5. The molecule has 13 nitrogen and oxygen atoms in total. The number of hydrogen-bond donors (Lipinski definition) is 5. The van der Waals surface area contributed by atoms with E-state index in [9.17, 15) is 30.0 Å². The summed E-state index contributed by atoms with van der Waals surface area (Å²) in [5, 5.41) is 41.0. The summed E-state index contributed by atoms with van der Waals surface area (Å²) in [7, 11) is 2.59. The second-order valence-electron chi connectivity index (χ2n) is 7.60. The highest BCUT2D eigenvalue weighted by molar-refractivity contribution is 5.91. The van der Waals surface area contributed by atoms with Gasteiger partial charge in [0.25, 0.3) is 0 Å². The van der Waals surface area contributed by atoms with Gasteiger partial charge in [-0.1, -0.05) is 6.07 Å². The number of oxazole rings is 1. The summed E-state index contributed by atoms with van der Waals surface area (Å²) < 4.78 is 31.4. The predicted molar refractivity (Wildman–Crippen MR) is 116 cm³/mol. The van der Waals surface area contributed by atoms with Gasteiger partial charge in [-0.2, -0.15) is 0 Å². The molecule has 5 N–H and O–H groups in total. The number of aliphatic hydroxyl groups is 3. The third-order valence-corrected chi connectivity index (χ3v) is 5.42. The van der Waals surface area contributed by atoms with Gasteiger partial charge in [-0.15, -0.1) is 0 Å². The minimum atomic E-state index is -1.70. The molecule has 1 aliphatic heterocycles. The number of carbonyl (C=O) groups excluding carboxylic acids is 1. The number of hydrogen-bond acceptors (Lipinski definition) is 12. The monoisotopic (exact) mass is 493 g/mol. The number of rotatable bonds is 7. The molecule has 0 spiro atoms. The van der Waals surface area contributed by atoms with Crippen molar-refractivity contribution in [3.8, 4) is 23.0 Å². The average molecular weight is 493 g/mol. The Bertz CT molecular complexity index is 1240. The number of methoxy groups -OCH3 is 2. The van der Waals surface area contributed by atoms with E-state index in [4.69, 9.17) is 28.1 Å². The summed E-state index contributed by atoms with van der Waals surface area (Å²) in [6.45, 7) is -0.526. The molecular formula is C22H23NO12. The number of para-hydroxylation sites is 1. The first-order chi connectivity index (χ1) is 16.7. The quantitative estimate of drug-likeness (QED) is 0.275. The molecule has 188 valence electrons. The Morgan fingerprint density at radius 2 is 1.71 bits per heavy atom. The Labute approximate surface area is 197 Å². The molecule has 1 fully saturated rings. The molecule has 1 aromatic heterocycles. The van der Waals surface area contributed by atoms with Gasteiger partial charge in [0.05, 0.1) is 19.8 Å². The maximum absolute atomic E-state index is 12.6. The van der Waals surface area contributed by atoms with Crippen molar-refractivity contribution in [1.82, 2.24) is 4.98 Å². The van der Waals surface area contributed by atoms with Crippen LogP contribution in [-0.4, -0.2) is 82.9 Å². The minimum Gasteiger partial charge on any atom is -0.502 e. The van der Waals surface area contributed by atoms with E-state index in [1.165, 1.54) is 44.6 Å². The van der Waals surface area contributed by atoms with E-state index in [2.05, 4.69) is 4.98 Å². The fourth-order valence-corrected chi connectivity index (χ4v) is 3.57. The molecule has 2 aromatic carbocycles. The van der Waals surface area contributed by atoms with Gasteiger partial charge in [0.15, 0.2) is 22.8 Å². The van der Waals surface area contributed by atoms with E-state index in [1.807, 2.05) is 0 Å². The van der Waals surface area contributed by atoms with Crippen LogP contribution in [0.15, 0.2) is 39.5 Å². The van der Waals surface area contributed by atoms with Gasteiger partial charge < -0.3 is 48.5 Å². The van der Waals surface area contributed by atoms with Crippen LogP contribution in [0.4, 0.5) is 0 Å². The number of ether oxygens (including phenoxy) is 5. The van der Waals surface area contributed by atoms with E-state index in [1.54, 1.807) is 0 Å². The Balaban J connectivity index is 1.49. The van der Waals surface area contributed by atoms with Crippen LogP contribution in [0, 0.1) is 0 Å². The molecule has 0 saturated carbocycles. The van der Waals surface area contributed by atoms with Crippen molar-refractivity contribution in [1.29, 1.82) is 0 Å². The van der Waals surface area contributed by atoms with Gasteiger partial charge in [-0.05, 0) is 24.3 Å². The third-order valence-electron chi connectivity index (χ3n) is 5.42. The molecule has 5 atom stereocenters. The summed E-state index contributed by atoms with van der Waals surface area (Å²) in [4.78, 5) is 26.5. The second kappa shape index (κ2) is 9.84. The van der Waals surface area contributed by atoms with Gasteiger partial charge in [0, 0.05) is 0 Å². The zero-order valence-electron chi connectivity index (χ0n) is 18.5. The van der Waals surface area contributed by atoms with E-state index < -0.39 is 49.0 Å². The average Bonchev–Trinajstić information content (AvgIpc) is 3.24. The molecule has 4 rings (SSSR count). The maximum atomic E-state index is 12.6. The van der Waals surface area contributed by atoms with Gasteiger partial charge in [-0.25, -0.2) is 9.59 Å². The summed E-state index contributed by atoms with van der Waals surface area (Å²) in [6, 6.07) is 6.99. The summed E-state index contributed by atoms with van der Waals surface area (Å²) in [5.41, 5.74) is 0.376. The minimum absolute atomic E-state index is 0.0224. The SMILES string of the molecule is COc1cc(C(=O)OC[C@H]2O[C@@H](Oc3cccc4oc(=O)[nH]c34)[C@H](O)[C@@H](O)[C@@H]2O)cc(OC)c1O. The predicted octanol–water partition coefficient (Wildman–Crippen LogP) is -0.113. The van der Waals surface area contributed by atoms with Crippen LogP contribution < -0.4 is 20.0 Å². The Morgan fingerprint density at radius 1 is 1.03 bits per heavy atom. The van der Waals surface area contributed by atoms with Crippen LogP contribution in [0.1, 0.15) is 10.4 Å². The van der Waals surface area contributed by atoms with Crippen molar-refractivity contribution in [3.63, 3.8) is 0 Å². The molecule has 3 aromatic rings. The number of aromatic amines is 1. The molecule has 0 bridgehead atoms. The molecule has 1 aliphatic rings. The highest BCUT2D eigenvalue weighted by atomic mass is 16.7. The fraction of sp³-hybridized carbons (Fsp3) is 0.364. The van der Waals surface area contributed by atoms with Gasteiger partial charge in [0.1, 0.15) is 36.5 Å². The lowest BCUT2D eigenvalue weighted by molar-refractivity contribution is -0.277. The molecule has 0 radical (unpaired) electrons. The lowest BCUT2D eigenvalue weighted by Crippen LogP contribution is -2.60. The Morgan fingerprint density at radius 3 is 2.37 bits per heavy atom. The smallest absolute Gasteiger partial charge is 0.417 e. The van der Waals surface area contributed by atoms with Crippen LogP contribution in [-0.2, 0) is 9.47 Å². The normalized spacial score (nSPS) is 24.2. The Kier molecular flexibility index (Phi) is 6.84. The zero-order chi connectivity index (χ0) is 25.3. The number of phenols is 1. The number of fused-ring (bicyclic) bond motifs is 1. The van der Waals surface area contributed by atoms with E-state index in [0.29, 0.717) is 0 Å². The van der Waals surface area contributed by atoms with Crippen LogP contribution in [0.5, 0.6) is 23.0 Å². The molecule has 13 heteroatoms. The largest absolute Gasteiger partial charge is 0.502 e. The fourth-order valence-electron chi connectivity index (χ4n) is 3.57. The van der Waals surface area contributed by atoms with Gasteiger partial charge in [0.2, 0.25) is 12.0 Å². The number of esters is 1. The maximum Gasteiger partial charge on any atom is 0.417 e. The molecule has 2 heterocycles. The van der Waals surface area contributed by atoms with Crippen molar-refractivity contribution in [2.45, 2.75) is 30.7 Å². The lowest BCUT2D eigenvalue weighted by Gasteiger charge is -2.39. The van der Waals surface area contributed by atoms with Crippen molar-refractivity contribution < 1.29 is 53.3 Å². The standard InChI is InChI=1S/C22H23NO12/c1-30-12-6-9(7-13(31-2)16(12)24)20(28)32-8-14-17(25)18(26)19(27)21(34-14)33-10-4-3-5-11-15(10)23-22(29)35-11/h3-7,14,17-19,21,24-27H,8H2,1-2H3,(H,23,29)/t14-,17-,18+,19-,21-/m1/s1. The first kappa shape index (κ1) is 24.3. The topological polar surface area (TPSA) is 190 Å². The molecule has 1 saturated heterocycles. The number of phenolic OH excluding ortho intramolecular Hbond substituents is 1. The van der Waals surface area contributed by atoms with Crippen LogP contribution in [0.2, 0.25) is 0 Å². The van der Waals surface area contributed by atoms with Crippen molar-refractivity contribution in [2.24, 2.45) is 0 Å². The van der Waals surface area contributed by atoms with Crippen molar-refractivity contribution in [3.05, 3.63) is 46.4 Å². The number of carbonyl (C=O) groups is 1. The van der Waals surface area contributed by atoms with Crippen LogP contribution in [0.3, 0.4) is 0 Å². The third kappa shape index (κ3) is 4.74. The van der Waals surface area contributed by atoms with E-state index in [0.717, 1.165) is 0 Å². The van der Waals surface area contributed by atoms with Crippen LogP contribution in [0.25, 0.3) is 11.1 Å². The number of aromatic hydroxyl groups is 1. The highest BCUT2D eigenvalue weighted by Gasteiger charge is 2.45. The number of aliphatic hydroxyl groups excluding tert-OH is 3. The van der Waals surface area contributed by atoms with Crippen molar-refractivity contribution in [2.75, 3.05) is 20.8 Å². The summed E-state index contributed by atoms with van der Waals surface area (Å²) >= 11 is 0. The van der Waals surface area contributed by atoms with Crippen LogP contribution >= 0.6 is 0 Å². The van der Waals surface area contributed by atoms with E-state index in [-0.39, 0.29) is 39.7 Å². The lowest BCUT2D eigenvalue weighted by atomic mass is 9.99. The summed E-state index contributed by atoms with van der Waals surface area (Å²) in [6.07, 6.45) is -7.77. The molecule has 0 unspecified atom stereocenters. The summed E-state index contributed by atoms with van der Waals surface area (Å²) in [5.74, 6) is -1.85. The first-order valence-electron chi connectivity index (χ1n) is 10.3.